The summed E-state index contributed by atoms with van der Waals surface area (Å²) in [5.74, 6) is -0.280. The van der Waals surface area contributed by atoms with Gasteiger partial charge >= 0.3 is 12.1 Å². The first-order valence-corrected chi connectivity index (χ1v) is 12.3. The minimum absolute atomic E-state index is 0.292. The van der Waals surface area contributed by atoms with Crippen molar-refractivity contribution < 1.29 is 32.5 Å². The van der Waals surface area contributed by atoms with Gasteiger partial charge in [0.15, 0.2) is 6.10 Å². The van der Waals surface area contributed by atoms with Crippen LogP contribution in [0, 0.1) is 13.8 Å². The molecule has 5 nitrogen and oxygen atoms in total. The third-order valence-electron chi connectivity index (χ3n) is 5.48. The number of carboxylic acids is 1. The number of aryl methyl sites for hydroxylation is 2. The van der Waals surface area contributed by atoms with E-state index >= 15 is 0 Å². The Hall–Kier alpha value is -3.17. The SMILES string of the molecule is CCOC(Cc1ccc(OCCC=Cc2sc(-c3ccc(C(F)(F)F)cc3)nc2C)cc1C)C(=O)O. The summed E-state index contributed by atoms with van der Waals surface area (Å²) in [5.41, 5.74) is 2.61. The highest BCUT2D eigenvalue weighted by Crippen LogP contribution is 2.33. The van der Waals surface area contributed by atoms with Crippen LogP contribution in [0.3, 0.4) is 0 Å². The molecule has 9 heteroatoms. The van der Waals surface area contributed by atoms with E-state index in [0.29, 0.717) is 42.4 Å². The zero-order valence-corrected chi connectivity index (χ0v) is 21.1. The Morgan fingerprint density at radius 1 is 1.17 bits per heavy atom. The molecule has 0 bridgehead atoms. The molecule has 3 aromatic rings. The van der Waals surface area contributed by atoms with E-state index in [0.717, 1.165) is 33.8 Å². The average Bonchev–Trinajstić information content (AvgIpc) is 3.19. The van der Waals surface area contributed by atoms with Crippen LogP contribution in [0.2, 0.25) is 0 Å². The topological polar surface area (TPSA) is 68.7 Å². The average molecular weight is 520 g/mol. The Morgan fingerprint density at radius 3 is 2.50 bits per heavy atom. The lowest BCUT2D eigenvalue weighted by Gasteiger charge is -2.15. The number of thiazole rings is 1. The second-order valence-corrected chi connectivity index (χ2v) is 9.19. The molecule has 3 rings (SSSR count). The fourth-order valence-corrected chi connectivity index (χ4v) is 4.53. The molecule has 0 aliphatic carbocycles. The van der Waals surface area contributed by atoms with Gasteiger partial charge in [-0.2, -0.15) is 13.2 Å². The monoisotopic (exact) mass is 519 g/mol. The van der Waals surface area contributed by atoms with Crippen LogP contribution in [0.5, 0.6) is 5.75 Å². The molecular weight excluding hydrogens is 491 g/mol. The van der Waals surface area contributed by atoms with E-state index in [1.807, 2.05) is 44.2 Å². The molecule has 1 N–H and O–H groups in total. The number of ether oxygens (including phenoxy) is 2. The second kappa shape index (κ2) is 12.2. The highest BCUT2D eigenvalue weighted by atomic mass is 32.1. The Labute approximate surface area is 212 Å². The second-order valence-electron chi connectivity index (χ2n) is 8.16. The van der Waals surface area contributed by atoms with Crippen LogP contribution in [-0.2, 0) is 22.1 Å². The van der Waals surface area contributed by atoms with Crippen molar-refractivity contribution in [3.8, 4) is 16.3 Å². The molecule has 0 saturated carbocycles. The largest absolute Gasteiger partial charge is 0.493 e. The van der Waals surface area contributed by atoms with E-state index in [2.05, 4.69) is 4.98 Å². The van der Waals surface area contributed by atoms with E-state index in [1.54, 1.807) is 6.92 Å². The molecule has 1 heterocycles. The molecular formula is C27H28F3NO4S. The van der Waals surface area contributed by atoms with Crippen molar-refractivity contribution in [2.75, 3.05) is 13.2 Å². The van der Waals surface area contributed by atoms with Crippen LogP contribution in [0.4, 0.5) is 13.2 Å². The summed E-state index contributed by atoms with van der Waals surface area (Å²) < 4.78 is 49.4. The van der Waals surface area contributed by atoms with Crippen molar-refractivity contribution in [1.82, 2.24) is 4.98 Å². The van der Waals surface area contributed by atoms with Crippen molar-refractivity contribution >= 4 is 23.4 Å². The molecule has 0 aliphatic heterocycles. The predicted molar refractivity (Wildman–Crippen MR) is 134 cm³/mol. The van der Waals surface area contributed by atoms with Crippen LogP contribution in [-0.4, -0.2) is 35.4 Å². The molecule has 0 amide bonds. The smallest absolute Gasteiger partial charge is 0.416 e. The zero-order valence-electron chi connectivity index (χ0n) is 20.3. The van der Waals surface area contributed by atoms with Crippen LogP contribution in [0.15, 0.2) is 48.5 Å². The minimum Gasteiger partial charge on any atom is -0.493 e. The van der Waals surface area contributed by atoms with Crippen molar-refractivity contribution in [3.05, 3.63) is 75.8 Å². The van der Waals surface area contributed by atoms with Crippen molar-refractivity contribution in [3.63, 3.8) is 0 Å². The zero-order chi connectivity index (χ0) is 26.3. The van der Waals surface area contributed by atoms with Crippen LogP contribution >= 0.6 is 11.3 Å². The lowest BCUT2D eigenvalue weighted by atomic mass is 10.0. The van der Waals surface area contributed by atoms with E-state index in [1.165, 1.54) is 23.5 Å². The fraction of sp³-hybridized carbons (Fsp3) is 0.333. The maximum atomic E-state index is 12.8. The van der Waals surface area contributed by atoms with Crippen LogP contribution in [0.25, 0.3) is 16.6 Å². The quantitative estimate of drug-likeness (QED) is 0.277. The fourth-order valence-electron chi connectivity index (χ4n) is 3.53. The van der Waals surface area contributed by atoms with Gasteiger partial charge in [0.05, 0.1) is 22.7 Å². The van der Waals surface area contributed by atoms with E-state index in [9.17, 15) is 23.1 Å². The number of hydrogen-bond donors (Lipinski definition) is 1. The van der Waals surface area contributed by atoms with Gasteiger partial charge in [0.1, 0.15) is 10.8 Å². The molecule has 192 valence electrons. The number of alkyl halides is 3. The summed E-state index contributed by atoms with van der Waals surface area (Å²) in [7, 11) is 0. The van der Waals surface area contributed by atoms with Crippen molar-refractivity contribution in [2.45, 2.75) is 45.9 Å². The number of aliphatic carboxylic acids is 1. The summed E-state index contributed by atoms with van der Waals surface area (Å²) in [4.78, 5) is 16.7. The summed E-state index contributed by atoms with van der Waals surface area (Å²) in [5, 5.41) is 9.95. The van der Waals surface area contributed by atoms with Gasteiger partial charge < -0.3 is 14.6 Å². The first-order chi connectivity index (χ1) is 17.1. The van der Waals surface area contributed by atoms with Gasteiger partial charge in [-0.1, -0.05) is 24.3 Å². The number of nitrogens with zero attached hydrogens (tertiary/aromatic N) is 1. The maximum absolute atomic E-state index is 12.8. The molecule has 0 saturated heterocycles. The van der Waals surface area contributed by atoms with Gasteiger partial charge in [-0.15, -0.1) is 11.3 Å². The Balaban J connectivity index is 1.54. The van der Waals surface area contributed by atoms with E-state index in [-0.39, 0.29) is 0 Å². The Kier molecular flexibility index (Phi) is 9.28. The summed E-state index contributed by atoms with van der Waals surface area (Å²) in [6.07, 6.45) is -0.378. The molecule has 36 heavy (non-hydrogen) atoms. The van der Waals surface area contributed by atoms with Crippen molar-refractivity contribution in [1.29, 1.82) is 0 Å². The lowest BCUT2D eigenvalue weighted by molar-refractivity contribution is -0.150. The van der Waals surface area contributed by atoms with Gasteiger partial charge in [-0.3, -0.25) is 0 Å². The predicted octanol–water partition coefficient (Wildman–Crippen LogP) is 6.96. The third kappa shape index (κ3) is 7.41. The van der Waals surface area contributed by atoms with Gasteiger partial charge in [0.25, 0.3) is 0 Å². The number of rotatable bonds is 11. The molecule has 0 aliphatic rings. The van der Waals surface area contributed by atoms with Crippen molar-refractivity contribution in [2.24, 2.45) is 0 Å². The Morgan fingerprint density at radius 2 is 1.89 bits per heavy atom. The van der Waals surface area contributed by atoms with Gasteiger partial charge in [0.2, 0.25) is 0 Å². The number of aromatic nitrogens is 1. The standard InChI is InChI=1S/C27H28F3NO4S/c1-4-34-23(26(32)33)16-20-10-13-22(15-17(20)2)35-14-6-5-7-24-18(3)31-25(36-24)19-8-11-21(12-9-19)27(28,29)30/h5,7-13,15,23H,4,6,14,16H2,1-3H3,(H,32,33). The van der Waals surface area contributed by atoms with Crippen LogP contribution < -0.4 is 4.74 Å². The third-order valence-corrected chi connectivity index (χ3v) is 6.65. The van der Waals surface area contributed by atoms with Gasteiger partial charge in [-0.25, -0.2) is 9.78 Å². The molecule has 1 aromatic heterocycles. The summed E-state index contributed by atoms with van der Waals surface area (Å²) in [6, 6.07) is 10.6. The number of carboxylic acid groups (broad SMARTS) is 1. The molecule has 1 unspecified atom stereocenters. The Bertz CT molecular complexity index is 1200. The molecule has 0 fully saturated rings. The maximum Gasteiger partial charge on any atom is 0.416 e. The normalized spacial score (nSPS) is 12.7. The first-order valence-electron chi connectivity index (χ1n) is 11.5. The van der Waals surface area contributed by atoms with Gasteiger partial charge in [-0.05, 0) is 68.7 Å². The first kappa shape index (κ1) is 27.4. The minimum atomic E-state index is -4.36. The van der Waals surface area contributed by atoms with E-state index < -0.39 is 23.8 Å². The van der Waals surface area contributed by atoms with E-state index in [4.69, 9.17) is 9.47 Å². The highest BCUT2D eigenvalue weighted by Gasteiger charge is 2.30. The number of hydrogen-bond acceptors (Lipinski definition) is 5. The summed E-state index contributed by atoms with van der Waals surface area (Å²) in [6.45, 7) is 6.33. The molecule has 1 atom stereocenters. The van der Waals surface area contributed by atoms with Gasteiger partial charge in [0, 0.05) is 18.6 Å². The number of halogens is 3. The highest BCUT2D eigenvalue weighted by molar-refractivity contribution is 7.16. The molecule has 0 spiro atoms. The number of carbonyl (C=O) groups is 1. The summed E-state index contributed by atoms with van der Waals surface area (Å²) >= 11 is 1.42. The molecule has 2 aromatic carbocycles. The number of benzene rings is 2. The van der Waals surface area contributed by atoms with Crippen LogP contribution in [0.1, 0.15) is 40.6 Å². The lowest BCUT2D eigenvalue weighted by Crippen LogP contribution is -2.26. The molecule has 0 radical (unpaired) electrons.